The first-order chi connectivity index (χ1) is 12.5. The molecule has 0 bridgehead atoms. The number of benzene rings is 3. The van der Waals surface area contributed by atoms with Gasteiger partial charge in [0.2, 0.25) is 10.0 Å². The molecule has 26 heavy (non-hydrogen) atoms. The van der Waals surface area contributed by atoms with Gasteiger partial charge in [0.1, 0.15) is 5.75 Å². The molecule has 1 aliphatic heterocycles. The minimum absolute atomic E-state index is 0.000662. The second-order valence-electron chi connectivity index (χ2n) is 6.57. The lowest BCUT2D eigenvalue weighted by molar-refractivity contribution is 0.460. The Bertz CT molecular complexity index is 1040. The lowest BCUT2D eigenvalue weighted by Gasteiger charge is -2.41. The third-order valence-corrected chi connectivity index (χ3v) is 6.54. The first-order valence-electron chi connectivity index (χ1n) is 8.43. The van der Waals surface area contributed by atoms with Crippen LogP contribution in [0.1, 0.15) is 17.2 Å². The van der Waals surface area contributed by atoms with Crippen molar-refractivity contribution in [3.05, 3.63) is 83.9 Å². The summed E-state index contributed by atoms with van der Waals surface area (Å²) in [6, 6.07) is 22.1. The van der Waals surface area contributed by atoms with Gasteiger partial charge < -0.3 is 5.11 Å². The molecule has 1 aliphatic rings. The maximum Gasteiger partial charge on any atom is 0.238 e. The van der Waals surface area contributed by atoms with E-state index in [0.717, 1.165) is 11.1 Å². The van der Waals surface area contributed by atoms with Gasteiger partial charge in [-0.25, -0.2) is 8.42 Å². The second-order valence-corrected chi connectivity index (χ2v) is 8.46. The van der Waals surface area contributed by atoms with Crippen LogP contribution < -0.4 is 4.31 Å². The van der Waals surface area contributed by atoms with Gasteiger partial charge in [-0.3, -0.25) is 4.31 Å². The number of hydrogen-bond acceptors (Lipinski definition) is 3. The van der Waals surface area contributed by atoms with Gasteiger partial charge >= 0.3 is 0 Å². The molecule has 5 heteroatoms. The molecular weight excluding hydrogens is 346 g/mol. The Hall–Kier alpha value is -2.79. The van der Waals surface area contributed by atoms with E-state index in [4.69, 9.17) is 0 Å². The molecule has 0 saturated carbocycles. The van der Waals surface area contributed by atoms with Gasteiger partial charge in [0.25, 0.3) is 0 Å². The first-order valence-corrected chi connectivity index (χ1v) is 10.0. The Kier molecular flexibility index (Phi) is 3.96. The van der Waals surface area contributed by atoms with Crippen LogP contribution in [-0.4, -0.2) is 19.3 Å². The van der Waals surface area contributed by atoms with Gasteiger partial charge in [0.05, 0.1) is 17.5 Å². The van der Waals surface area contributed by atoms with Gasteiger partial charge in [0, 0.05) is 5.56 Å². The fourth-order valence-electron chi connectivity index (χ4n) is 3.34. The summed E-state index contributed by atoms with van der Waals surface area (Å²) in [4.78, 5) is 0. The summed E-state index contributed by atoms with van der Waals surface area (Å²) in [5.74, 6) is 0.114. The largest absolute Gasteiger partial charge is 0.508 e. The summed E-state index contributed by atoms with van der Waals surface area (Å²) < 4.78 is 25.9. The van der Waals surface area contributed by atoms with Gasteiger partial charge in [-0.2, -0.15) is 0 Å². The highest BCUT2D eigenvalue weighted by Crippen LogP contribution is 2.43. The molecule has 1 N–H and O–H groups in total. The average molecular weight is 365 g/mol. The molecule has 1 saturated heterocycles. The maximum absolute atomic E-state index is 12.3. The summed E-state index contributed by atoms with van der Waals surface area (Å²) in [6.07, 6.45) is 0. The average Bonchev–Trinajstić information content (AvgIpc) is 2.61. The Morgan fingerprint density at radius 3 is 2.19 bits per heavy atom. The van der Waals surface area contributed by atoms with E-state index in [1.807, 2.05) is 49.4 Å². The Balaban J connectivity index is 1.69. The molecule has 0 amide bonds. The van der Waals surface area contributed by atoms with Crippen molar-refractivity contribution in [1.29, 1.82) is 0 Å². The van der Waals surface area contributed by atoms with E-state index in [-0.39, 0.29) is 17.5 Å². The highest BCUT2D eigenvalue weighted by atomic mass is 32.2. The number of nitrogens with zero attached hydrogens (tertiary/aromatic N) is 1. The molecule has 0 aromatic heterocycles. The number of sulfonamides is 1. The predicted octanol–water partition coefficient (Wildman–Crippen LogP) is 4.26. The Morgan fingerprint density at radius 1 is 0.923 bits per heavy atom. The zero-order valence-corrected chi connectivity index (χ0v) is 15.1. The van der Waals surface area contributed by atoms with E-state index in [0.29, 0.717) is 11.3 Å². The molecule has 1 fully saturated rings. The van der Waals surface area contributed by atoms with Gasteiger partial charge in [-0.15, -0.1) is 0 Å². The van der Waals surface area contributed by atoms with Crippen LogP contribution >= 0.6 is 0 Å². The number of anilines is 1. The van der Waals surface area contributed by atoms with Crippen LogP contribution in [-0.2, 0) is 10.0 Å². The summed E-state index contributed by atoms with van der Waals surface area (Å²) >= 11 is 0. The lowest BCUT2D eigenvalue weighted by Crippen LogP contribution is -2.50. The van der Waals surface area contributed by atoms with Crippen LogP contribution in [0, 0.1) is 6.92 Å². The number of rotatable bonds is 3. The minimum atomic E-state index is -3.33. The fraction of sp³-hybridized carbons (Fsp3) is 0.143. The van der Waals surface area contributed by atoms with Crippen molar-refractivity contribution in [1.82, 2.24) is 0 Å². The molecule has 1 unspecified atom stereocenters. The monoisotopic (exact) mass is 365 g/mol. The molecular formula is C21H19NO3S. The second kappa shape index (κ2) is 6.18. The van der Waals surface area contributed by atoms with Crippen LogP contribution in [0.5, 0.6) is 5.75 Å². The zero-order valence-electron chi connectivity index (χ0n) is 14.3. The van der Waals surface area contributed by atoms with Crippen molar-refractivity contribution in [2.75, 3.05) is 10.1 Å². The van der Waals surface area contributed by atoms with E-state index < -0.39 is 10.0 Å². The highest BCUT2D eigenvalue weighted by Gasteiger charge is 2.45. The van der Waals surface area contributed by atoms with E-state index in [9.17, 15) is 13.5 Å². The number of phenols is 1. The van der Waals surface area contributed by atoms with E-state index in [1.54, 1.807) is 30.3 Å². The van der Waals surface area contributed by atoms with Crippen LogP contribution in [0.25, 0.3) is 11.1 Å². The van der Waals surface area contributed by atoms with Crippen molar-refractivity contribution < 1.29 is 13.5 Å². The van der Waals surface area contributed by atoms with Crippen molar-refractivity contribution in [3.8, 4) is 16.9 Å². The number of hydrogen-bond donors (Lipinski definition) is 1. The first kappa shape index (κ1) is 16.7. The molecule has 1 atom stereocenters. The summed E-state index contributed by atoms with van der Waals surface area (Å²) in [5.41, 5.74) is 4.33. The van der Waals surface area contributed by atoms with Crippen LogP contribution in [0.4, 0.5) is 5.69 Å². The SMILES string of the molecule is Cc1ccc(-c2ccc(C3CS(=O)(=O)N3c3ccccc3)c(O)c2)cc1. The smallest absolute Gasteiger partial charge is 0.238 e. The summed E-state index contributed by atoms with van der Waals surface area (Å²) in [7, 11) is -3.33. The third-order valence-electron chi connectivity index (χ3n) is 4.74. The van der Waals surface area contributed by atoms with Crippen molar-refractivity contribution in [2.45, 2.75) is 13.0 Å². The molecule has 0 spiro atoms. The fourth-order valence-corrected chi connectivity index (χ4v) is 4.99. The number of phenolic OH excluding ortho intramolecular Hbond substituents is 1. The summed E-state index contributed by atoms with van der Waals surface area (Å²) in [6.45, 7) is 2.03. The molecule has 3 aromatic carbocycles. The Morgan fingerprint density at radius 2 is 1.58 bits per heavy atom. The highest BCUT2D eigenvalue weighted by molar-refractivity contribution is 7.94. The minimum Gasteiger partial charge on any atom is -0.508 e. The van der Waals surface area contributed by atoms with Gasteiger partial charge in [-0.1, -0.05) is 60.2 Å². The predicted molar refractivity (Wildman–Crippen MR) is 104 cm³/mol. The zero-order chi connectivity index (χ0) is 18.3. The molecule has 4 rings (SSSR count). The number of aromatic hydroxyl groups is 1. The molecule has 0 aliphatic carbocycles. The maximum atomic E-state index is 12.3. The molecule has 1 heterocycles. The van der Waals surface area contributed by atoms with Gasteiger partial charge in [-0.05, 0) is 36.2 Å². The molecule has 0 radical (unpaired) electrons. The van der Waals surface area contributed by atoms with Crippen LogP contribution in [0.3, 0.4) is 0 Å². The topological polar surface area (TPSA) is 57.6 Å². The quantitative estimate of drug-likeness (QED) is 0.754. The van der Waals surface area contributed by atoms with Crippen molar-refractivity contribution >= 4 is 15.7 Å². The van der Waals surface area contributed by atoms with Gasteiger partial charge in [0.15, 0.2) is 0 Å². The van der Waals surface area contributed by atoms with Crippen molar-refractivity contribution in [3.63, 3.8) is 0 Å². The normalized spacial score (nSPS) is 18.3. The molecule has 3 aromatic rings. The Labute approximate surface area is 153 Å². The van der Waals surface area contributed by atoms with Crippen LogP contribution in [0.2, 0.25) is 0 Å². The number of para-hydroxylation sites is 1. The summed E-state index contributed by atoms with van der Waals surface area (Å²) in [5, 5.41) is 10.6. The van der Waals surface area contributed by atoms with E-state index >= 15 is 0 Å². The van der Waals surface area contributed by atoms with Crippen molar-refractivity contribution in [2.24, 2.45) is 0 Å². The standard InChI is InChI=1S/C21H19NO3S/c1-15-7-9-16(10-8-15)17-11-12-19(21(23)13-17)20-14-26(24,25)22(20)18-5-3-2-4-6-18/h2-13,20,23H,14H2,1H3. The van der Waals surface area contributed by atoms with E-state index in [2.05, 4.69) is 0 Å². The molecule has 4 nitrogen and oxygen atoms in total. The third kappa shape index (κ3) is 2.84. The van der Waals surface area contributed by atoms with E-state index in [1.165, 1.54) is 9.87 Å². The number of aryl methyl sites for hydroxylation is 1. The van der Waals surface area contributed by atoms with Crippen LogP contribution in [0.15, 0.2) is 72.8 Å². The lowest BCUT2D eigenvalue weighted by atomic mass is 9.99. The molecule has 132 valence electrons.